The lowest BCUT2D eigenvalue weighted by Gasteiger charge is -2.23. The molecular formula is C11H16N2O2. The molecule has 0 saturated heterocycles. The quantitative estimate of drug-likeness (QED) is 0.493. The van der Waals surface area contributed by atoms with Gasteiger partial charge in [-0.05, 0) is 17.3 Å². The Labute approximate surface area is 88.8 Å². The van der Waals surface area contributed by atoms with E-state index in [9.17, 15) is 5.11 Å². The Morgan fingerprint density at radius 3 is 3.00 bits per heavy atom. The molecule has 0 bridgehead atoms. The van der Waals surface area contributed by atoms with Crippen LogP contribution in [-0.4, -0.2) is 35.5 Å². The summed E-state index contributed by atoms with van der Waals surface area (Å²) in [5, 5.41) is 21.9. The highest BCUT2D eigenvalue weighted by Crippen LogP contribution is 2.28. The normalized spacial score (nSPS) is 30.3. The molecule has 0 spiro atoms. The number of hydrogen-bond acceptors (Lipinski definition) is 4. The Morgan fingerprint density at radius 2 is 2.33 bits per heavy atom. The fourth-order valence-electron chi connectivity index (χ4n) is 2.01. The van der Waals surface area contributed by atoms with Crippen molar-refractivity contribution in [3.63, 3.8) is 0 Å². The van der Waals surface area contributed by atoms with Gasteiger partial charge in [0.25, 0.3) is 0 Å². The SMILES string of the molecule is NCC(O)C1=CC2C(CO)=CNC2C=C1. The van der Waals surface area contributed by atoms with Gasteiger partial charge < -0.3 is 21.3 Å². The third kappa shape index (κ3) is 1.84. The van der Waals surface area contributed by atoms with E-state index in [1.807, 2.05) is 24.4 Å². The van der Waals surface area contributed by atoms with Gasteiger partial charge in [-0.15, -0.1) is 0 Å². The average Bonchev–Trinajstić information content (AvgIpc) is 2.69. The summed E-state index contributed by atoms with van der Waals surface area (Å²) in [6.07, 6.45) is 7.10. The van der Waals surface area contributed by atoms with Gasteiger partial charge in [0.1, 0.15) is 0 Å². The van der Waals surface area contributed by atoms with E-state index in [2.05, 4.69) is 5.32 Å². The lowest BCUT2D eigenvalue weighted by molar-refractivity contribution is 0.221. The van der Waals surface area contributed by atoms with E-state index in [1.54, 1.807) is 0 Å². The van der Waals surface area contributed by atoms with Crippen LogP contribution in [0, 0.1) is 5.92 Å². The molecule has 4 heteroatoms. The predicted molar refractivity (Wildman–Crippen MR) is 57.9 cm³/mol. The summed E-state index contributed by atoms with van der Waals surface area (Å²) in [4.78, 5) is 0. The summed E-state index contributed by atoms with van der Waals surface area (Å²) in [5.41, 5.74) is 7.19. The van der Waals surface area contributed by atoms with Crippen LogP contribution in [0.4, 0.5) is 0 Å². The predicted octanol–water partition coefficient (Wildman–Crippen LogP) is -0.734. The molecule has 15 heavy (non-hydrogen) atoms. The minimum absolute atomic E-state index is 0.0461. The molecule has 0 aromatic carbocycles. The van der Waals surface area contributed by atoms with Gasteiger partial charge in [-0.2, -0.15) is 0 Å². The van der Waals surface area contributed by atoms with E-state index >= 15 is 0 Å². The van der Waals surface area contributed by atoms with Crippen LogP contribution in [0.3, 0.4) is 0 Å². The Bertz CT molecular complexity index is 333. The molecule has 0 aromatic heterocycles. The number of hydrogen-bond donors (Lipinski definition) is 4. The maximum Gasteiger partial charge on any atom is 0.0909 e. The van der Waals surface area contributed by atoms with E-state index in [4.69, 9.17) is 10.8 Å². The smallest absolute Gasteiger partial charge is 0.0909 e. The first-order valence-corrected chi connectivity index (χ1v) is 5.10. The average molecular weight is 208 g/mol. The van der Waals surface area contributed by atoms with Crippen molar-refractivity contribution in [2.45, 2.75) is 12.1 Å². The van der Waals surface area contributed by atoms with Crippen LogP contribution >= 0.6 is 0 Å². The van der Waals surface area contributed by atoms with Crippen molar-refractivity contribution in [1.29, 1.82) is 0 Å². The van der Waals surface area contributed by atoms with Crippen LogP contribution < -0.4 is 11.1 Å². The number of aliphatic hydroxyl groups is 2. The second-order valence-electron chi connectivity index (χ2n) is 3.87. The second-order valence-corrected chi connectivity index (χ2v) is 3.87. The number of nitrogens with two attached hydrogens (primary N) is 1. The van der Waals surface area contributed by atoms with Gasteiger partial charge in [-0.1, -0.05) is 18.2 Å². The number of aliphatic hydroxyl groups excluding tert-OH is 2. The lowest BCUT2D eigenvalue weighted by atomic mass is 9.87. The van der Waals surface area contributed by atoms with Gasteiger partial charge in [-0.3, -0.25) is 0 Å². The Balaban J connectivity index is 2.18. The van der Waals surface area contributed by atoms with Crippen molar-refractivity contribution < 1.29 is 10.2 Å². The van der Waals surface area contributed by atoms with Crippen LogP contribution in [0.25, 0.3) is 0 Å². The molecule has 0 fully saturated rings. The Morgan fingerprint density at radius 1 is 1.53 bits per heavy atom. The van der Waals surface area contributed by atoms with Crippen molar-refractivity contribution in [2.24, 2.45) is 11.7 Å². The first kappa shape index (κ1) is 10.4. The largest absolute Gasteiger partial charge is 0.392 e. The summed E-state index contributed by atoms with van der Waals surface area (Å²) in [5.74, 6) is 0.149. The zero-order valence-electron chi connectivity index (χ0n) is 8.43. The van der Waals surface area contributed by atoms with E-state index in [0.29, 0.717) is 0 Å². The van der Waals surface area contributed by atoms with Crippen LogP contribution in [0.1, 0.15) is 0 Å². The van der Waals surface area contributed by atoms with E-state index < -0.39 is 6.10 Å². The third-order valence-corrected chi connectivity index (χ3v) is 2.93. The summed E-state index contributed by atoms with van der Waals surface area (Å²) in [6.45, 7) is 0.268. The highest BCUT2D eigenvalue weighted by molar-refractivity contribution is 5.38. The number of rotatable bonds is 3. The standard InChI is InChI=1S/C11H16N2O2/c12-4-11(15)7-1-2-10-9(3-7)8(6-14)5-13-10/h1-3,5,9-11,13-15H,4,6,12H2. The van der Waals surface area contributed by atoms with Crippen molar-refractivity contribution in [2.75, 3.05) is 13.2 Å². The van der Waals surface area contributed by atoms with Gasteiger partial charge in [0, 0.05) is 12.5 Å². The van der Waals surface area contributed by atoms with Crippen molar-refractivity contribution in [1.82, 2.24) is 5.32 Å². The summed E-state index contributed by atoms with van der Waals surface area (Å²) in [6, 6.07) is 0.209. The van der Waals surface area contributed by atoms with Gasteiger partial charge >= 0.3 is 0 Å². The molecule has 2 rings (SSSR count). The van der Waals surface area contributed by atoms with Crippen LogP contribution in [0.5, 0.6) is 0 Å². The highest BCUT2D eigenvalue weighted by atomic mass is 16.3. The zero-order chi connectivity index (χ0) is 10.8. The molecule has 1 aliphatic carbocycles. The van der Waals surface area contributed by atoms with Crippen LogP contribution in [0.15, 0.2) is 35.6 Å². The van der Waals surface area contributed by atoms with E-state index in [1.165, 1.54) is 0 Å². The highest BCUT2D eigenvalue weighted by Gasteiger charge is 2.28. The van der Waals surface area contributed by atoms with E-state index in [0.717, 1.165) is 11.1 Å². The molecule has 2 aliphatic rings. The molecule has 4 nitrogen and oxygen atoms in total. The molecule has 82 valence electrons. The van der Waals surface area contributed by atoms with Crippen molar-refractivity contribution in [3.05, 3.63) is 35.6 Å². The summed E-state index contributed by atoms with van der Waals surface area (Å²) < 4.78 is 0. The minimum atomic E-state index is -0.609. The Hall–Kier alpha value is -1.10. The maximum atomic E-state index is 9.61. The zero-order valence-corrected chi connectivity index (χ0v) is 8.43. The maximum absolute atomic E-state index is 9.61. The topological polar surface area (TPSA) is 78.5 Å². The fraction of sp³-hybridized carbons (Fsp3) is 0.455. The molecule has 3 atom stereocenters. The second kappa shape index (κ2) is 4.18. The fourth-order valence-corrected chi connectivity index (χ4v) is 2.01. The van der Waals surface area contributed by atoms with Crippen LogP contribution in [-0.2, 0) is 0 Å². The molecule has 5 N–H and O–H groups in total. The van der Waals surface area contributed by atoms with E-state index in [-0.39, 0.29) is 25.1 Å². The number of fused-ring (bicyclic) bond motifs is 1. The summed E-state index contributed by atoms with van der Waals surface area (Å²) in [7, 11) is 0. The molecule has 0 amide bonds. The monoisotopic (exact) mass is 208 g/mol. The third-order valence-electron chi connectivity index (χ3n) is 2.93. The molecule has 3 unspecified atom stereocenters. The van der Waals surface area contributed by atoms with Gasteiger partial charge in [0.05, 0.1) is 18.8 Å². The molecule has 0 saturated carbocycles. The molecule has 1 heterocycles. The first-order valence-electron chi connectivity index (χ1n) is 5.10. The van der Waals surface area contributed by atoms with Gasteiger partial charge in [0.15, 0.2) is 0 Å². The van der Waals surface area contributed by atoms with Crippen LogP contribution in [0.2, 0.25) is 0 Å². The molecular weight excluding hydrogens is 192 g/mol. The van der Waals surface area contributed by atoms with Crippen molar-refractivity contribution in [3.8, 4) is 0 Å². The minimum Gasteiger partial charge on any atom is -0.392 e. The van der Waals surface area contributed by atoms with Gasteiger partial charge in [0.2, 0.25) is 0 Å². The lowest BCUT2D eigenvalue weighted by Crippen LogP contribution is -2.30. The van der Waals surface area contributed by atoms with Gasteiger partial charge in [-0.25, -0.2) is 0 Å². The van der Waals surface area contributed by atoms with Crippen molar-refractivity contribution >= 4 is 0 Å². The molecule has 0 aromatic rings. The Kier molecular flexibility index (Phi) is 2.90. The summed E-state index contributed by atoms with van der Waals surface area (Å²) >= 11 is 0. The number of nitrogens with one attached hydrogen (secondary N) is 1. The molecule has 0 radical (unpaired) electrons. The molecule has 1 aliphatic heterocycles. The first-order chi connectivity index (χ1) is 7.26.